The van der Waals surface area contributed by atoms with Gasteiger partial charge >= 0.3 is 0 Å². The first-order valence-corrected chi connectivity index (χ1v) is 5.58. The summed E-state index contributed by atoms with van der Waals surface area (Å²) in [5.74, 6) is 1.51. The van der Waals surface area contributed by atoms with Crippen molar-refractivity contribution in [1.29, 1.82) is 0 Å². The highest BCUT2D eigenvalue weighted by Gasteiger charge is 2.15. The fourth-order valence-electron chi connectivity index (χ4n) is 2.17. The summed E-state index contributed by atoms with van der Waals surface area (Å²) in [7, 11) is 1.69. The molecule has 3 heteroatoms. The third-order valence-electron chi connectivity index (χ3n) is 2.95. The summed E-state index contributed by atoms with van der Waals surface area (Å²) in [6.07, 6.45) is 5.45. The van der Waals surface area contributed by atoms with Crippen molar-refractivity contribution < 1.29 is 4.74 Å². The van der Waals surface area contributed by atoms with Gasteiger partial charge in [-0.15, -0.1) is 0 Å². The van der Waals surface area contributed by atoms with Gasteiger partial charge in [-0.1, -0.05) is 6.07 Å². The SMILES string of the molecule is COc1ncccc1CC1CCCNC1. The van der Waals surface area contributed by atoms with Crippen LogP contribution in [0.2, 0.25) is 0 Å². The van der Waals surface area contributed by atoms with E-state index in [1.54, 1.807) is 13.3 Å². The lowest BCUT2D eigenvalue weighted by Gasteiger charge is -2.23. The molecule has 0 saturated carbocycles. The van der Waals surface area contributed by atoms with Crippen molar-refractivity contribution in [3.05, 3.63) is 23.9 Å². The molecule has 0 radical (unpaired) electrons. The molecule has 1 atom stereocenters. The zero-order chi connectivity index (χ0) is 10.5. The highest BCUT2D eigenvalue weighted by Crippen LogP contribution is 2.21. The molecule has 0 amide bonds. The zero-order valence-corrected chi connectivity index (χ0v) is 9.20. The van der Waals surface area contributed by atoms with Gasteiger partial charge in [0.1, 0.15) is 0 Å². The van der Waals surface area contributed by atoms with Gasteiger partial charge in [-0.05, 0) is 44.3 Å². The Morgan fingerprint density at radius 2 is 2.53 bits per heavy atom. The molecule has 1 fully saturated rings. The molecular weight excluding hydrogens is 188 g/mol. The van der Waals surface area contributed by atoms with Crippen LogP contribution in [-0.4, -0.2) is 25.2 Å². The number of methoxy groups -OCH3 is 1. The van der Waals surface area contributed by atoms with E-state index in [-0.39, 0.29) is 0 Å². The maximum absolute atomic E-state index is 5.26. The summed E-state index contributed by atoms with van der Waals surface area (Å²) in [5.41, 5.74) is 1.23. The maximum atomic E-state index is 5.26. The number of piperidine rings is 1. The smallest absolute Gasteiger partial charge is 0.216 e. The third-order valence-corrected chi connectivity index (χ3v) is 2.95. The van der Waals surface area contributed by atoms with Crippen LogP contribution < -0.4 is 10.1 Å². The minimum absolute atomic E-state index is 0.733. The first-order valence-electron chi connectivity index (χ1n) is 5.58. The minimum Gasteiger partial charge on any atom is -0.481 e. The Hall–Kier alpha value is -1.09. The van der Waals surface area contributed by atoms with E-state index in [9.17, 15) is 0 Å². The van der Waals surface area contributed by atoms with E-state index in [0.717, 1.165) is 24.8 Å². The standard InChI is InChI=1S/C12H18N2O/c1-15-12-11(5-3-7-14-12)8-10-4-2-6-13-9-10/h3,5,7,10,13H,2,4,6,8-9H2,1H3. The van der Waals surface area contributed by atoms with E-state index < -0.39 is 0 Å². The number of aromatic nitrogens is 1. The summed E-state index contributed by atoms with van der Waals surface area (Å²) in [4.78, 5) is 4.22. The first kappa shape index (κ1) is 10.4. The second kappa shape index (κ2) is 5.12. The summed E-state index contributed by atoms with van der Waals surface area (Å²) in [5, 5.41) is 3.43. The largest absolute Gasteiger partial charge is 0.481 e. The molecule has 0 aromatic carbocycles. The molecule has 0 spiro atoms. The van der Waals surface area contributed by atoms with Gasteiger partial charge in [-0.25, -0.2) is 4.98 Å². The molecule has 1 saturated heterocycles. The van der Waals surface area contributed by atoms with Crippen molar-refractivity contribution in [3.8, 4) is 5.88 Å². The van der Waals surface area contributed by atoms with Crippen molar-refractivity contribution in [2.24, 2.45) is 5.92 Å². The van der Waals surface area contributed by atoms with Crippen LogP contribution in [0.1, 0.15) is 18.4 Å². The lowest BCUT2D eigenvalue weighted by atomic mass is 9.93. The van der Waals surface area contributed by atoms with Crippen LogP contribution in [0.15, 0.2) is 18.3 Å². The van der Waals surface area contributed by atoms with Crippen molar-refractivity contribution in [1.82, 2.24) is 10.3 Å². The van der Waals surface area contributed by atoms with Gasteiger partial charge in [0.25, 0.3) is 0 Å². The van der Waals surface area contributed by atoms with Gasteiger partial charge < -0.3 is 10.1 Å². The van der Waals surface area contributed by atoms with Crippen LogP contribution in [-0.2, 0) is 6.42 Å². The van der Waals surface area contributed by atoms with Crippen molar-refractivity contribution in [3.63, 3.8) is 0 Å². The molecule has 1 aliphatic heterocycles. The van der Waals surface area contributed by atoms with Crippen LogP contribution in [0.3, 0.4) is 0 Å². The zero-order valence-electron chi connectivity index (χ0n) is 9.20. The second-order valence-electron chi connectivity index (χ2n) is 4.09. The topological polar surface area (TPSA) is 34.1 Å². The Bertz CT molecular complexity index is 308. The summed E-state index contributed by atoms with van der Waals surface area (Å²) >= 11 is 0. The summed E-state index contributed by atoms with van der Waals surface area (Å²) in [6.45, 7) is 2.29. The summed E-state index contributed by atoms with van der Waals surface area (Å²) in [6, 6.07) is 4.09. The van der Waals surface area contributed by atoms with Gasteiger partial charge in [0.2, 0.25) is 5.88 Å². The number of hydrogen-bond donors (Lipinski definition) is 1. The normalized spacial score (nSPS) is 21.3. The molecule has 3 nitrogen and oxygen atoms in total. The first-order chi connectivity index (χ1) is 7.40. The van der Waals surface area contributed by atoms with Gasteiger partial charge in [0.15, 0.2) is 0 Å². The molecule has 82 valence electrons. The van der Waals surface area contributed by atoms with Gasteiger partial charge in [-0.3, -0.25) is 0 Å². The highest BCUT2D eigenvalue weighted by atomic mass is 16.5. The second-order valence-corrected chi connectivity index (χ2v) is 4.09. The number of hydrogen-bond acceptors (Lipinski definition) is 3. The van der Waals surface area contributed by atoms with Crippen LogP contribution in [0.25, 0.3) is 0 Å². The molecule has 1 aromatic heterocycles. The van der Waals surface area contributed by atoms with Crippen LogP contribution >= 0.6 is 0 Å². The quantitative estimate of drug-likeness (QED) is 0.816. The van der Waals surface area contributed by atoms with E-state index in [1.165, 1.54) is 24.9 Å². The van der Waals surface area contributed by atoms with Gasteiger partial charge in [-0.2, -0.15) is 0 Å². The van der Waals surface area contributed by atoms with Crippen LogP contribution in [0, 0.1) is 5.92 Å². The molecule has 1 unspecified atom stereocenters. The van der Waals surface area contributed by atoms with Gasteiger partial charge in [0, 0.05) is 11.8 Å². The molecule has 0 aliphatic carbocycles. The van der Waals surface area contributed by atoms with Crippen molar-refractivity contribution in [2.75, 3.05) is 20.2 Å². The van der Waals surface area contributed by atoms with E-state index in [1.807, 2.05) is 6.07 Å². The Morgan fingerprint density at radius 3 is 3.27 bits per heavy atom. The Kier molecular flexibility index (Phi) is 3.56. The highest BCUT2D eigenvalue weighted by molar-refractivity contribution is 5.25. The van der Waals surface area contributed by atoms with Crippen LogP contribution in [0.4, 0.5) is 0 Å². The Balaban J connectivity index is 2.02. The lowest BCUT2D eigenvalue weighted by Crippen LogP contribution is -2.30. The average Bonchev–Trinajstić information content (AvgIpc) is 2.31. The molecule has 2 heterocycles. The molecule has 1 aromatic rings. The number of pyridine rings is 1. The minimum atomic E-state index is 0.733. The number of nitrogens with one attached hydrogen (secondary N) is 1. The molecular formula is C12H18N2O. The molecule has 2 rings (SSSR count). The molecule has 15 heavy (non-hydrogen) atoms. The van der Waals surface area contributed by atoms with E-state index in [0.29, 0.717) is 0 Å². The lowest BCUT2D eigenvalue weighted by molar-refractivity contribution is 0.358. The summed E-state index contributed by atoms with van der Waals surface area (Å²) < 4.78 is 5.26. The third kappa shape index (κ3) is 2.69. The predicted molar refractivity (Wildman–Crippen MR) is 60.1 cm³/mol. The van der Waals surface area contributed by atoms with Crippen molar-refractivity contribution >= 4 is 0 Å². The maximum Gasteiger partial charge on any atom is 0.216 e. The number of rotatable bonds is 3. The fourth-order valence-corrected chi connectivity index (χ4v) is 2.17. The molecule has 0 bridgehead atoms. The monoisotopic (exact) mass is 206 g/mol. The molecule has 1 N–H and O–H groups in total. The molecule has 1 aliphatic rings. The van der Waals surface area contributed by atoms with E-state index in [4.69, 9.17) is 4.74 Å². The number of nitrogens with zero attached hydrogens (tertiary/aromatic N) is 1. The fraction of sp³-hybridized carbons (Fsp3) is 0.583. The van der Waals surface area contributed by atoms with Gasteiger partial charge in [0.05, 0.1) is 7.11 Å². The predicted octanol–water partition coefficient (Wildman–Crippen LogP) is 1.63. The van der Waals surface area contributed by atoms with E-state index in [2.05, 4.69) is 16.4 Å². The Labute approximate surface area is 90.9 Å². The number of ether oxygens (including phenoxy) is 1. The van der Waals surface area contributed by atoms with E-state index >= 15 is 0 Å². The average molecular weight is 206 g/mol. The van der Waals surface area contributed by atoms with Crippen LogP contribution in [0.5, 0.6) is 5.88 Å². The Morgan fingerprint density at radius 1 is 1.60 bits per heavy atom. The van der Waals surface area contributed by atoms with Crippen molar-refractivity contribution in [2.45, 2.75) is 19.3 Å².